The maximum atomic E-state index is 14.7. The molecule has 0 radical (unpaired) electrons. The molecule has 1 aliphatic rings. The van der Waals surface area contributed by atoms with Gasteiger partial charge in [0.25, 0.3) is 5.91 Å². The first kappa shape index (κ1) is 26.9. The quantitative estimate of drug-likeness (QED) is 0.483. The molecule has 0 unspecified atom stereocenters. The van der Waals surface area contributed by atoms with Crippen LogP contribution in [0, 0.1) is 0 Å². The van der Waals surface area contributed by atoms with Crippen molar-refractivity contribution in [3.8, 4) is 17.1 Å². The van der Waals surface area contributed by atoms with E-state index in [1.165, 1.54) is 19.4 Å². The van der Waals surface area contributed by atoms with E-state index in [1.807, 2.05) is 0 Å². The highest BCUT2D eigenvalue weighted by atomic mass is 19.4. The van der Waals surface area contributed by atoms with E-state index < -0.39 is 47.1 Å². The Kier molecular flexibility index (Phi) is 6.80. The fourth-order valence-electron chi connectivity index (χ4n) is 4.03. The molecule has 3 aromatic heterocycles. The first-order valence-electron chi connectivity index (χ1n) is 11.4. The molecule has 1 saturated heterocycles. The summed E-state index contributed by atoms with van der Waals surface area (Å²) >= 11 is 0. The number of methoxy groups -OCH3 is 1. The highest BCUT2D eigenvalue weighted by Crippen LogP contribution is 2.39. The molecule has 38 heavy (non-hydrogen) atoms. The molecule has 0 aromatic carbocycles. The predicted octanol–water partition coefficient (Wildman–Crippen LogP) is 3.09. The average Bonchev–Trinajstić information content (AvgIpc) is 3.39. The monoisotopic (exact) mass is 539 g/mol. The number of anilines is 1. The number of nitrogen functional groups attached to an aromatic ring is 1. The van der Waals surface area contributed by atoms with Crippen LogP contribution in [0.25, 0.3) is 16.8 Å². The number of hydrogen-bond donors (Lipinski definition) is 2. The SMILES string of the molecule is COc1ncc(-c2cc(C(F)(F)F)c3c(N)ncnn23)cc1C(=O)N[C@H]1CN(C(=O)OC(C)(C)C)C[C@@H]1F. The molecule has 3 N–H and O–H groups in total. The molecule has 11 nitrogen and oxygen atoms in total. The third-order valence-corrected chi connectivity index (χ3v) is 5.69. The van der Waals surface area contributed by atoms with Crippen LogP contribution in [0.3, 0.4) is 0 Å². The molecule has 3 aromatic rings. The molecule has 0 saturated carbocycles. The number of alkyl halides is 4. The van der Waals surface area contributed by atoms with Crippen LogP contribution in [0.2, 0.25) is 0 Å². The summed E-state index contributed by atoms with van der Waals surface area (Å²) in [5.74, 6) is -1.33. The molecule has 1 aliphatic heterocycles. The second kappa shape index (κ2) is 9.61. The van der Waals surface area contributed by atoms with Gasteiger partial charge in [-0.3, -0.25) is 4.79 Å². The number of nitrogens with zero attached hydrogens (tertiary/aromatic N) is 5. The summed E-state index contributed by atoms with van der Waals surface area (Å²) in [6.45, 7) is 4.58. The van der Waals surface area contributed by atoms with E-state index in [-0.39, 0.29) is 41.6 Å². The summed E-state index contributed by atoms with van der Waals surface area (Å²) in [7, 11) is 1.25. The average molecular weight is 539 g/mol. The highest BCUT2D eigenvalue weighted by molar-refractivity contribution is 5.98. The van der Waals surface area contributed by atoms with Gasteiger partial charge in [0.2, 0.25) is 5.88 Å². The second-order valence-electron chi connectivity index (χ2n) is 9.61. The summed E-state index contributed by atoms with van der Waals surface area (Å²) in [4.78, 5) is 34.3. The zero-order valence-corrected chi connectivity index (χ0v) is 20.8. The lowest BCUT2D eigenvalue weighted by molar-refractivity contribution is -0.136. The molecule has 2 atom stereocenters. The number of aromatic nitrogens is 4. The standard InChI is InChI=1S/C23H25F4N7O4/c1-22(2,3)38-21(36)33-8-14(24)15(9-33)32-19(35)12-5-11(7-29-20(12)37-4)16-6-13(23(25,26)27)17-18(28)30-10-31-34(16)17/h5-7,10,14-15H,8-9H2,1-4H3,(H,32,35)(H2,28,30,31)/t14-,15-/m0/s1. The number of halogens is 4. The van der Waals surface area contributed by atoms with Gasteiger partial charge in [-0.15, -0.1) is 0 Å². The molecule has 15 heteroatoms. The minimum absolute atomic E-state index is 0.0639. The van der Waals surface area contributed by atoms with Crippen molar-refractivity contribution in [1.82, 2.24) is 29.8 Å². The minimum Gasteiger partial charge on any atom is -0.480 e. The molecule has 0 spiro atoms. The van der Waals surface area contributed by atoms with Crippen LogP contribution in [0.1, 0.15) is 36.7 Å². The first-order chi connectivity index (χ1) is 17.7. The van der Waals surface area contributed by atoms with Gasteiger partial charge in [0.1, 0.15) is 29.2 Å². The number of fused-ring (bicyclic) bond motifs is 1. The molecule has 4 heterocycles. The lowest BCUT2D eigenvalue weighted by Crippen LogP contribution is -2.42. The van der Waals surface area contributed by atoms with Crippen molar-refractivity contribution in [3.63, 3.8) is 0 Å². The van der Waals surface area contributed by atoms with Gasteiger partial charge in [0, 0.05) is 18.3 Å². The summed E-state index contributed by atoms with van der Waals surface area (Å²) in [6, 6.07) is 0.996. The van der Waals surface area contributed by atoms with Crippen LogP contribution >= 0.6 is 0 Å². The van der Waals surface area contributed by atoms with Crippen LogP contribution in [0.15, 0.2) is 24.7 Å². The maximum absolute atomic E-state index is 14.7. The summed E-state index contributed by atoms with van der Waals surface area (Å²) in [5.41, 5.74) is 3.24. The maximum Gasteiger partial charge on any atom is 0.418 e. The number of nitrogens with two attached hydrogens (primary N) is 1. The van der Waals surface area contributed by atoms with Crippen molar-refractivity contribution in [3.05, 3.63) is 35.8 Å². The number of ether oxygens (including phenoxy) is 2. The van der Waals surface area contributed by atoms with E-state index in [2.05, 4.69) is 20.4 Å². The lowest BCUT2D eigenvalue weighted by Gasteiger charge is -2.24. The number of likely N-dealkylation sites (tertiary alicyclic amines) is 1. The molecule has 2 amide bonds. The number of carbonyl (C=O) groups excluding carboxylic acids is 2. The zero-order valence-electron chi connectivity index (χ0n) is 20.8. The Morgan fingerprint density at radius 3 is 2.50 bits per heavy atom. The fraction of sp³-hybridized carbons (Fsp3) is 0.435. The third kappa shape index (κ3) is 5.26. The predicted molar refractivity (Wildman–Crippen MR) is 126 cm³/mol. The van der Waals surface area contributed by atoms with E-state index in [4.69, 9.17) is 15.2 Å². The third-order valence-electron chi connectivity index (χ3n) is 5.69. The van der Waals surface area contributed by atoms with Crippen LogP contribution in [-0.4, -0.2) is 74.5 Å². The molecule has 0 bridgehead atoms. The molecule has 0 aliphatic carbocycles. The number of rotatable bonds is 4. The zero-order chi connectivity index (χ0) is 28.0. The van der Waals surface area contributed by atoms with Gasteiger partial charge in [-0.1, -0.05) is 0 Å². The molecule has 1 fully saturated rings. The Balaban J connectivity index is 1.65. The van der Waals surface area contributed by atoms with Crippen LogP contribution in [-0.2, 0) is 10.9 Å². The van der Waals surface area contributed by atoms with Gasteiger partial charge in [-0.25, -0.2) is 23.7 Å². The Bertz CT molecular complexity index is 1390. The van der Waals surface area contributed by atoms with Crippen molar-refractivity contribution < 1.29 is 36.6 Å². The van der Waals surface area contributed by atoms with Gasteiger partial charge in [-0.05, 0) is 32.9 Å². The van der Waals surface area contributed by atoms with Gasteiger partial charge in [0.15, 0.2) is 5.82 Å². The minimum atomic E-state index is -4.76. The Morgan fingerprint density at radius 2 is 1.87 bits per heavy atom. The van der Waals surface area contributed by atoms with E-state index in [0.29, 0.717) is 0 Å². The Hall–Kier alpha value is -4.17. The van der Waals surface area contributed by atoms with E-state index >= 15 is 0 Å². The van der Waals surface area contributed by atoms with Crippen molar-refractivity contribution >= 4 is 23.3 Å². The Labute approximate surface area is 213 Å². The van der Waals surface area contributed by atoms with Gasteiger partial charge < -0.3 is 25.4 Å². The molecular formula is C23H25F4N7O4. The summed E-state index contributed by atoms with van der Waals surface area (Å²) in [5, 5.41) is 6.39. The Morgan fingerprint density at radius 1 is 1.16 bits per heavy atom. The molecule has 4 rings (SSSR count). The summed E-state index contributed by atoms with van der Waals surface area (Å²) < 4.78 is 67.2. The van der Waals surface area contributed by atoms with Crippen LogP contribution in [0.4, 0.5) is 28.2 Å². The van der Waals surface area contributed by atoms with Gasteiger partial charge in [-0.2, -0.15) is 18.3 Å². The van der Waals surface area contributed by atoms with Crippen molar-refractivity contribution in [2.24, 2.45) is 0 Å². The lowest BCUT2D eigenvalue weighted by atomic mass is 10.1. The number of nitrogens with one attached hydrogen (secondary N) is 1. The van der Waals surface area contributed by atoms with Crippen LogP contribution in [0.5, 0.6) is 5.88 Å². The second-order valence-corrected chi connectivity index (χ2v) is 9.61. The topological polar surface area (TPSA) is 137 Å². The smallest absolute Gasteiger partial charge is 0.418 e. The van der Waals surface area contributed by atoms with Crippen LogP contribution < -0.4 is 15.8 Å². The highest BCUT2D eigenvalue weighted by Gasteiger charge is 2.39. The molecular weight excluding hydrogens is 514 g/mol. The van der Waals surface area contributed by atoms with E-state index in [0.717, 1.165) is 21.8 Å². The summed E-state index contributed by atoms with van der Waals surface area (Å²) in [6.07, 6.45) is -4.87. The fourth-order valence-corrected chi connectivity index (χ4v) is 4.03. The number of pyridine rings is 1. The van der Waals surface area contributed by atoms with Crippen molar-refractivity contribution in [2.45, 2.75) is 44.8 Å². The molecule has 204 valence electrons. The van der Waals surface area contributed by atoms with Crippen molar-refractivity contribution in [1.29, 1.82) is 0 Å². The van der Waals surface area contributed by atoms with Crippen molar-refractivity contribution in [2.75, 3.05) is 25.9 Å². The van der Waals surface area contributed by atoms with Gasteiger partial charge in [0.05, 0.1) is 31.0 Å². The largest absolute Gasteiger partial charge is 0.480 e. The number of hydrogen-bond acceptors (Lipinski definition) is 8. The number of carbonyl (C=O) groups is 2. The first-order valence-corrected chi connectivity index (χ1v) is 11.4. The normalized spacial score (nSPS) is 18.1. The van der Waals surface area contributed by atoms with E-state index in [9.17, 15) is 27.2 Å². The van der Waals surface area contributed by atoms with E-state index in [1.54, 1.807) is 20.8 Å². The number of amides is 2. The van der Waals surface area contributed by atoms with Gasteiger partial charge >= 0.3 is 12.3 Å².